The Morgan fingerprint density at radius 1 is 1.07 bits per heavy atom. The average Bonchev–Trinajstić information content (AvgIpc) is 3.11. The summed E-state index contributed by atoms with van der Waals surface area (Å²) in [5.41, 5.74) is 2.66. The van der Waals surface area contributed by atoms with Crippen LogP contribution in [0.2, 0.25) is 0 Å². The monoisotopic (exact) mass is 373 g/mol. The maximum atomic E-state index is 12.6. The van der Waals surface area contributed by atoms with Gasteiger partial charge in [-0.2, -0.15) is 0 Å². The topological polar surface area (TPSA) is 64.1 Å². The number of aliphatic carboxylic acids is 1. The van der Waals surface area contributed by atoms with Crippen LogP contribution in [-0.2, 0) is 16.1 Å². The molecule has 0 saturated carbocycles. The van der Waals surface area contributed by atoms with E-state index in [1.165, 1.54) is 11.1 Å². The third-order valence-electron chi connectivity index (χ3n) is 5.76. The van der Waals surface area contributed by atoms with Gasteiger partial charge in [0.25, 0.3) is 0 Å². The van der Waals surface area contributed by atoms with Crippen LogP contribution in [0.3, 0.4) is 0 Å². The Bertz CT molecular complexity index is 651. The molecular weight excluding hydrogens is 342 g/mol. The molecule has 27 heavy (non-hydrogen) atoms. The van der Waals surface area contributed by atoms with E-state index >= 15 is 0 Å². The van der Waals surface area contributed by atoms with E-state index in [9.17, 15) is 14.7 Å². The second kappa shape index (κ2) is 8.85. The molecular formula is C21H31N3O3. The second-order valence-corrected chi connectivity index (χ2v) is 8.02. The van der Waals surface area contributed by atoms with Crippen LogP contribution in [0.1, 0.15) is 43.7 Å². The van der Waals surface area contributed by atoms with Gasteiger partial charge in [-0.25, -0.2) is 0 Å². The Kier molecular flexibility index (Phi) is 6.50. The van der Waals surface area contributed by atoms with Crippen LogP contribution in [0.25, 0.3) is 0 Å². The summed E-state index contributed by atoms with van der Waals surface area (Å²) in [6, 6.07) is 8.31. The molecule has 0 aromatic heterocycles. The van der Waals surface area contributed by atoms with Crippen molar-refractivity contribution in [3.8, 4) is 0 Å². The molecule has 2 fully saturated rings. The van der Waals surface area contributed by atoms with Crippen LogP contribution in [-0.4, -0.2) is 77.0 Å². The number of benzene rings is 1. The Morgan fingerprint density at radius 2 is 1.74 bits per heavy atom. The molecule has 2 saturated heterocycles. The van der Waals surface area contributed by atoms with E-state index in [0.29, 0.717) is 32.0 Å². The fourth-order valence-electron chi connectivity index (χ4n) is 3.99. The Morgan fingerprint density at radius 3 is 2.33 bits per heavy atom. The minimum Gasteiger partial charge on any atom is -0.480 e. The van der Waals surface area contributed by atoms with E-state index in [-0.39, 0.29) is 12.5 Å². The lowest BCUT2D eigenvalue weighted by Gasteiger charge is -2.36. The van der Waals surface area contributed by atoms with Crippen molar-refractivity contribution in [1.29, 1.82) is 0 Å². The second-order valence-electron chi connectivity index (χ2n) is 8.02. The highest BCUT2D eigenvalue weighted by atomic mass is 16.4. The van der Waals surface area contributed by atoms with Crippen LogP contribution >= 0.6 is 0 Å². The van der Waals surface area contributed by atoms with Gasteiger partial charge >= 0.3 is 5.97 Å². The van der Waals surface area contributed by atoms with Crippen LogP contribution in [0.4, 0.5) is 0 Å². The molecule has 6 nitrogen and oxygen atoms in total. The molecule has 0 aliphatic carbocycles. The van der Waals surface area contributed by atoms with Crippen LogP contribution < -0.4 is 0 Å². The third-order valence-corrected chi connectivity index (χ3v) is 5.76. The summed E-state index contributed by atoms with van der Waals surface area (Å²) < 4.78 is 0. The Balaban J connectivity index is 1.45. The first-order valence-electron chi connectivity index (χ1n) is 10.00. The minimum absolute atomic E-state index is 0.0593. The molecule has 2 aliphatic heterocycles. The Labute approximate surface area is 161 Å². The number of amides is 1. The average molecular weight is 373 g/mol. The zero-order valence-electron chi connectivity index (χ0n) is 16.4. The molecule has 0 spiro atoms. The fraction of sp³-hybridized carbons (Fsp3) is 0.619. The van der Waals surface area contributed by atoms with Gasteiger partial charge in [-0.15, -0.1) is 0 Å². The maximum absolute atomic E-state index is 12.6. The van der Waals surface area contributed by atoms with Gasteiger partial charge in [0.1, 0.15) is 6.04 Å². The molecule has 148 valence electrons. The number of rotatable bonds is 6. The number of carboxylic acid groups (broad SMARTS) is 1. The highest BCUT2D eigenvalue weighted by molar-refractivity contribution is 5.80. The van der Waals surface area contributed by atoms with Gasteiger partial charge < -0.3 is 10.0 Å². The van der Waals surface area contributed by atoms with Crippen molar-refractivity contribution >= 4 is 11.9 Å². The zero-order chi connectivity index (χ0) is 19.4. The molecule has 1 aromatic rings. The van der Waals surface area contributed by atoms with E-state index in [4.69, 9.17) is 0 Å². The summed E-state index contributed by atoms with van der Waals surface area (Å²) in [6.07, 6.45) is 1.50. The molecule has 2 heterocycles. The first-order valence-corrected chi connectivity index (χ1v) is 10.00. The number of hydrogen-bond donors (Lipinski definition) is 1. The number of hydrogen-bond acceptors (Lipinski definition) is 4. The van der Waals surface area contributed by atoms with Crippen molar-refractivity contribution < 1.29 is 14.7 Å². The molecule has 1 N–H and O–H groups in total. The number of likely N-dealkylation sites (tertiary alicyclic amines) is 1. The largest absolute Gasteiger partial charge is 0.480 e. The van der Waals surface area contributed by atoms with Crippen molar-refractivity contribution in [1.82, 2.24) is 14.7 Å². The van der Waals surface area contributed by atoms with E-state index in [1.54, 1.807) is 0 Å². The number of carbonyl (C=O) groups excluding carboxylic acids is 1. The minimum atomic E-state index is -0.811. The van der Waals surface area contributed by atoms with E-state index in [2.05, 4.69) is 43.0 Å². The van der Waals surface area contributed by atoms with Crippen LogP contribution in [0.15, 0.2) is 24.3 Å². The molecule has 1 amide bonds. The normalized spacial score (nSPS) is 21.7. The number of piperazine rings is 1. The summed E-state index contributed by atoms with van der Waals surface area (Å²) >= 11 is 0. The number of carboxylic acids is 1. The zero-order valence-corrected chi connectivity index (χ0v) is 16.4. The highest BCUT2D eigenvalue weighted by Crippen LogP contribution is 2.18. The summed E-state index contributed by atoms with van der Waals surface area (Å²) in [7, 11) is 0. The van der Waals surface area contributed by atoms with Gasteiger partial charge in [-0.05, 0) is 36.4 Å². The first-order chi connectivity index (χ1) is 12.9. The van der Waals surface area contributed by atoms with Crippen molar-refractivity contribution in [2.45, 2.75) is 45.2 Å². The first kappa shape index (κ1) is 19.8. The third kappa shape index (κ3) is 5.08. The predicted octanol–water partition coefficient (Wildman–Crippen LogP) is 2.00. The van der Waals surface area contributed by atoms with Gasteiger partial charge in [-0.3, -0.25) is 19.4 Å². The van der Waals surface area contributed by atoms with Crippen molar-refractivity contribution in [2.75, 3.05) is 39.3 Å². The quantitative estimate of drug-likeness (QED) is 0.826. The standard InChI is InChI=1S/C21H31N3O3/c1-16(2)18-7-5-17(6-8-18)14-22-10-12-23(13-11-22)20(25)15-24-9-3-4-19(24)21(26)27/h5-8,16,19H,3-4,9-15H2,1-2H3,(H,26,27)/t19-/m0/s1. The molecule has 1 aromatic carbocycles. The summed E-state index contributed by atoms with van der Waals surface area (Å²) in [5.74, 6) is -0.206. The van der Waals surface area contributed by atoms with E-state index < -0.39 is 12.0 Å². The lowest BCUT2D eigenvalue weighted by molar-refractivity contribution is -0.143. The van der Waals surface area contributed by atoms with Gasteiger partial charge in [0, 0.05) is 32.7 Å². The van der Waals surface area contributed by atoms with Gasteiger partial charge in [0.2, 0.25) is 5.91 Å². The lowest BCUT2D eigenvalue weighted by atomic mass is 10.0. The van der Waals surface area contributed by atoms with Gasteiger partial charge in [-0.1, -0.05) is 38.1 Å². The van der Waals surface area contributed by atoms with Gasteiger partial charge in [0.15, 0.2) is 0 Å². The van der Waals surface area contributed by atoms with Crippen molar-refractivity contribution in [3.63, 3.8) is 0 Å². The Hall–Kier alpha value is -1.92. The van der Waals surface area contributed by atoms with Crippen molar-refractivity contribution in [2.24, 2.45) is 0 Å². The molecule has 0 unspecified atom stereocenters. The lowest BCUT2D eigenvalue weighted by Crippen LogP contribution is -2.51. The van der Waals surface area contributed by atoms with Crippen LogP contribution in [0.5, 0.6) is 0 Å². The SMILES string of the molecule is CC(C)c1ccc(CN2CCN(C(=O)CN3CCC[C@H]3C(=O)O)CC2)cc1. The summed E-state index contributed by atoms with van der Waals surface area (Å²) in [6.45, 7) is 9.40. The summed E-state index contributed by atoms with van der Waals surface area (Å²) in [4.78, 5) is 29.9. The van der Waals surface area contributed by atoms with E-state index in [1.807, 2.05) is 9.80 Å². The molecule has 2 aliphatic rings. The molecule has 0 bridgehead atoms. The van der Waals surface area contributed by atoms with Crippen LogP contribution in [0, 0.1) is 0 Å². The number of carbonyl (C=O) groups is 2. The fourth-order valence-corrected chi connectivity index (χ4v) is 3.99. The highest BCUT2D eigenvalue weighted by Gasteiger charge is 2.33. The predicted molar refractivity (Wildman–Crippen MR) is 105 cm³/mol. The van der Waals surface area contributed by atoms with E-state index in [0.717, 1.165) is 26.1 Å². The molecule has 0 radical (unpaired) electrons. The molecule has 1 atom stereocenters. The molecule has 3 rings (SSSR count). The summed E-state index contributed by atoms with van der Waals surface area (Å²) in [5, 5.41) is 9.26. The smallest absolute Gasteiger partial charge is 0.320 e. The molecule has 6 heteroatoms. The number of nitrogens with zero attached hydrogens (tertiary/aromatic N) is 3. The van der Waals surface area contributed by atoms with Crippen molar-refractivity contribution in [3.05, 3.63) is 35.4 Å². The van der Waals surface area contributed by atoms with Gasteiger partial charge in [0.05, 0.1) is 6.54 Å². The maximum Gasteiger partial charge on any atom is 0.320 e.